The molecule has 0 bridgehead atoms. The second kappa shape index (κ2) is 8.72. The number of nitrogens with two attached hydrogens (primary N) is 1. The number of hydrogen-bond acceptors (Lipinski definition) is 3. The molecule has 1 aromatic rings. The number of nitrogens with zero attached hydrogens (tertiary/aromatic N) is 1. The van der Waals surface area contributed by atoms with Crippen LogP contribution in [0.2, 0.25) is 0 Å². The summed E-state index contributed by atoms with van der Waals surface area (Å²) in [5, 5.41) is 0. The first-order chi connectivity index (χ1) is 8.76. The fourth-order valence-electron chi connectivity index (χ4n) is 1.66. The van der Waals surface area contributed by atoms with E-state index in [9.17, 15) is 0 Å². The van der Waals surface area contributed by atoms with Crippen molar-refractivity contribution in [1.82, 2.24) is 4.90 Å². The van der Waals surface area contributed by atoms with Crippen molar-refractivity contribution in [2.24, 2.45) is 5.73 Å². The molecule has 0 amide bonds. The Labute approximate surface area is 110 Å². The molecule has 0 aliphatic heterocycles. The average molecular weight is 248 g/mol. The van der Waals surface area contributed by atoms with Crippen molar-refractivity contribution in [1.29, 1.82) is 0 Å². The summed E-state index contributed by atoms with van der Waals surface area (Å²) in [5.41, 5.74) is 6.67. The van der Waals surface area contributed by atoms with Gasteiger partial charge in [0.2, 0.25) is 0 Å². The average Bonchev–Trinajstić information content (AvgIpc) is 2.40. The lowest BCUT2D eigenvalue weighted by Gasteiger charge is -2.16. The van der Waals surface area contributed by atoms with Gasteiger partial charge in [0.05, 0.1) is 0 Å². The topological polar surface area (TPSA) is 38.5 Å². The molecule has 0 saturated heterocycles. The molecule has 0 aliphatic carbocycles. The van der Waals surface area contributed by atoms with E-state index in [4.69, 9.17) is 10.5 Å². The summed E-state index contributed by atoms with van der Waals surface area (Å²) in [5.74, 6) is 0.909. The summed E-state index contributed by atoms with van der Waals surface area (Å²) >= 11 is 0. The molecule has 3 heteroatoms. The molecule has 3 nitrogen and oxygen atoms in total. The van der Waals surface area contributed by atoms with Gasteiger partial charge >= 0.3 is 0 Å². The van der Waals surface area contributed by atoms with Crippen LogP contribution in [0.1, 0.15) is 18.4 Å². The summed E-state index contributed by atoms with van der Waals surface area (Å²) in [6.07, 6.45) is 4.19. The zero-order valence-corrected chi connectivity index (χ0v) is 11.3. The third-order valence-electron chi connectivity index (χ3n) is 2.85. The van der Waals surface area contributed by atoms with Crippen molar-refractivity contribution < 1.29 is 4.74 Å². The number of ether oxygens (including phenoxy) is 1. The van der Waals surface area contributed by atoms with E-state index >= 15 is 0 Å². The molecule has 1 aromatic carbocycles. The fraction of sp³-hybridized carbons (Fsp3) is 0.467. The molecular formula is C15H24N2O. The minimum absolute atomic E-state index is 0.576. The summed E-state index contributed by atoms with van der Waals surface area (Å²) in [6.45, 7) is 7.04. The van der Waals surface area contributed by atoms with Crippen LogP contribution in [0.3, 0.4) is 0 Å². The lowest BCUT2D eigenvalue weighted by atomic mass is 10.2. The predicted octanol–water partition coefficient (Wildman–Crippen LogP) is 2.42. The van der Waals surface area contributed by atoms with Crippen molar-refractivity contribution >= 4 is 0 Å². The zero-order chi connectivity index (χ0) is 13.2. The fourth-order valence-corrected chi connectivity index (χ4v) is 1.66. The molecule has 1 rings (SSSR count). The molecule has 0 aliphatic rings. The van der Waals surface area contributed by atoms with E-state index in [2.05, 4.69) is 18.5 Å². The highest BCUT2D eigenvalue weighted by atomic mass is 16.5. The second-order valence-electron chi connectivity index (χ2n) is 4.43. The first-order valence-corrected chi connectivity index (χ1v) is 6.47. The largest absolute Gasteiger partial charge is 0.492 e. The lowest BCUT2D eigenvalue weighted by molar-refractivity contribution is 0.236. The van der Waals surface area contributed by atoms with Gasteiger partial charge in [-0.1, -0.05) is 18.2 Å². The Morgan fingerprint density at radius 3 is 2.61 bits per heavy atom. The van der Waals surface area contributed by atoms with Crippen LogP contribution in [0, 0.1) is 0 Å². The molecular weight excluding hydrogens is 224 g/mol. The van der Waals surface area contributed by atoms with E-state index in [-0.39, 0.29) is 0 Å². The molecule has 0 radical (unpaired) electrons. The van der Waals surface area contributed by atoms with E-state index in [0.29, 0.717) is 13.2 Å². The van der Waals surface area contributed by atoms with Crippen molar-refractivity contribution in [2.45, 2.75) is 19.4 Å². The Bertz CT molecular complexity index is 335. The maximum Gasteiger partial charge on any atom is 0.119 e. The maximum atomic E-state index is 5.68. The number of unbranched alkanes of at least 4 members (excludes halogenated alkanes) is 1. The molecule has 0 heterocycles. The second-order valence-corrected chi connectivity index (χ2v) is 4.43. The van der Waals surface area contributed by atoms with Crippen LogP contribution < -0.4 is 10.5 Å². The molecule has 100 valence electrons. The first-order valence-electron chi connectivity index (χ1n) is 6.47. The van der Waals surface area contributed by atoms with Gasteiger partial charge in [0.1, 0.15) is 12.4 Å². The highest BCUT2D eigenvalue weighted by Crippen LogP contribution is 2.11. The molecule has 2 N–H and O–H groups in total. The Kier molecular flexibility index (Phi) is 7.14. The Hall–Kier alpha value is -1.32. The van der Waals surface area contributed by atoms with Gasteiger partial charge in [-0.15, -0.1) is 6.58 Å². The summed E-state index contributed by atoms with van der Waals surface area (Å²) in [7, 11) is 2.12. The number of benzene rings is 1. The van der Waals surface area contributed by atoms with Gasteiger partial charge in [0, 0.05) is 13.1 Å². The normalized spacial score (nSPS) is 10.6. The maximum absolute atomic E-state index is 5.68. The van der Waals surface area contributed by atoms with Crippen LogP contribution in [-0.2, 0) is 6.54 Å². The van der Waals surface area contributed by atoms with E-state index in [0.717, 1.165) is 37.2 Å². The number of allylic oxidation sites excluding steroid dienone is 1. The van der Waals surface area contributed by atoms with Crippen molar-refractivity contribution in [2.75, 3.05) is 26.7 Å². The molecule has 0 fully saturated rings. The van der Waals surface area contributed by atoms with E-state index in [1.807, 2.05) is 30.3 Å². The van der Waals surface area contributed by atoms with Crippen LogP contribution >= 0.6 is 0 Å². The van der Waals surface area contributed by atoms with Gasteiger partial charge in [-0.05, 0) is 44.1 Å². The van der Waals surface area contributed by atoms with E-state index < -0.39 is 0 Å². The Morgan fingerprint density at radius 1 is 1.28 bits per heavy atom. The summed E-state index contributed by atoms with van der Waals surface area (Å²) in [6, 6.07) is 7.95. The van der Waals surface area contributed by atoms with Crippen molar-refractivity contribution in [3.8, 4) is 5.75 Å². The molecule has 0 aromatic heterocycles. The third kappa shape index (κ3) is 5.84. The molecule has 0 spiro atoms. The predicted molar refractivity (Wildman–Crippen MR) is 76.8 cm³/mol. The minimum Gasteiger partial charge on any atom is -0.492 e. The molecule has 0 saturated carbocycles. The molecule has 0 atom stereocenters. The Morgan fingerprint density at radius 2 is 2.00 bits per heavy atom. The third-order valence-corrected chi connectivity index (χ3v) is 2.85. The van der Waals surface area contributed by atoms with Gasteiger partial charge in [-0.25, -0.2) is 0 Å². The summed E-state index contributed by atoms with van der Waals surface area (Å²) in [4.78, 5) is 2.28. The highest BCUT2D eigenvalue weighted by Gasteiger charge is 1.99. The van der Waals surface area contributed by atoms with Gasteiger partial charge < -0.3 is 15.4 Å². The number of hydrogen-bond donors (Lipinski definition) is 1. The lowest BCUT2D eigenvalue weighted by Crippen LogP contribution is -2.25. The monoisotopic (exact) mass is 248 g/mol. The highest BCUT2D eigenvalue weighted by molar-refractivity contribution is 5.27. The van der Waals surface area contributed by atoms with Gasteiger partial charge in [0.15, 0.2) is 0 Å². The first kappa shape index (κ1) is 14.7. The van der Waals surface area contributed by atoms with Gasteiger partial charge in [0.25, 0.3) is 0 Å². The Balaban J connectivity index is 2.17. The van der Waals surface area contributed by atoms with Crippen LogP contribution in [0.25, 0.3) is 0 Å². The molecule has 18 heavy (non-hydrogen) atoms. The van der Waals surface area contributed by atoms with Crippen LogP contribution in [0.15, 0.2) is 36.9 Å². The van der Waals surface area contributed by atoms with Gasteiger partial charge in [-0.2, -0.15) is 0 Å². The summed E-state index contributed by atoms with van der Waals surface area (Å²) < 4.78 is 5.68. The zero-order valence-electron chi connectivity index (χ0n) is 11.3. The van der Waals surface area contributed by atoms with Crippen LogP contribution in [0.4, 0.5) is 0 Å². The van der Waals surface area contributed by atoms with Crippen molar-refractivity contribution in [3.05, 3.63) is 42.5 Å². The van der Waals surface area contributed by atoms with Crippen LogP contribution in [-0.4, -0.2) is 31.6 Å². The van der Waals surface area contributed by atoms with Gasteiger partial charge in [-0.3, -0.25) is 0 Å². The minimum atomic E-state index is 0.576. The van der Waals surface area contributed by atoms with Crippen LogP contribution in [0.5, 0.6) is 5.75 Å². The SMILES string of the molecule is C=CCCCN(C)CCOc1ccc(CN)cc1. The van der Waals surface area contributed by atoms with Crippen molar-refractivity contribution in [3.63, 3.8) is 0 Å². The van der Waals surface area contributed by atoms with E-state index in [1.54, 1.807) is 0 Å². The smallest absolute Gasteiger partial charge is 0.119 e. The standard InChI is InChI=1S/C15H24N2O/c1-3-4-5-10-17(2)11-12-18-15-8-6-14(13-16)7-9-15/h3,6-9H,1,4-5,10-13,16H2,2H3. The van der Waals surface area contributed by atoms with E-state index in [1.165, 1.54) is 0 Å². The number of rotatable bonds is 9. The quantitative estimate of drug-likeness (QED) is 0.539. The number of likely N-dealkylation sites (N-methyl/N-ethyl adjacent to an activating group) is 1. The molecule has 0 unspecified atom stereocenters.